The molecule has 0 bridgehead atoms. The molecule has 0 unspecified atom stereocenters. The highest BCUT2D eigenvalue weighted by molar-refractivity contribution is 6.13. The quantitative estimate of drug-likeness (QED) is 0.187. The van der Waals surface area contributed by atoms with E-state index in [-0.39, 0.29) is 0 Å². The fourth-order valence-electron chi connectivity index (χ4n) is 7.75. The highest BCUT2D eigenvalue weighted by Gasteiger charge is 2.19. The third-order valence-electron chi connectivity index (χ3n) is 10.4. The van der Waals surface area contributed by atoms with Crippen LogP contribution in [0.3, 0.4) is 0 Å². The number of nitrogens with zero attached hydrogens (tertiary/aromatic N) is 3. The van der Waals surface area contributed by atoms with E-state index in [1.807, 2.05) is 30.3 Å². The van der Waals surface area contributed by atoms with Crippen LogP contribution in [0.25, 0.3) is 106 Å². The van der Waals surface area contributed by atoms with Gasteiger partial charge in [0.05, 0.1) is 0 Å². The van der Waals surface area contributed by atoms with Crippen LogP contribution in [0.5, 0.6) is 0 Å². The van der Waals surface area contributed by atoms with Crippen molar-refractivity contribution in [3.63, 3.8) is 0 Å². The van der Waals surface area contributed by atoms with Crippen molar-refractivity contribution in [2.75, 3.05) is 0 Å². The van der Waals surface area contributed by atoms with Gasteiger partial charge in [-0.1, -0.05) is 103 Å². The number of fused-ring (bicyclic) bond motifs is 8. The highest BCUT2D eigenvalue weighted by atomic mass is 16.3. The van der Waals surface area contributed by atoms with Gasteiger partial charge in [0.15, 0.2) is 17.5 Å². The maximum atomic E-state index is 6.46. The molecule has 0 spiro atoms. The molecule has 3 aromatic heterocycles. The first-order chi connectivity index (χ1) is 25.7. The molecule has 0 saturated heterocycles. The average molecular weight is 668 g/mol. The van der Waals surface area contributed by atoms with E-state index < -0.39 is 0 Å². The Labute approximate surface area is 298 Å². The lowest BCUT2D eigenvalue weighted by molar-refractivity contribution is 0.669. The lowest BCUT2D eigenvalue weighted by atomic mass is 9.95. The van der Waals surface area contributed by atoms with Gasteiger partial charge in [-0.15, -0.1) is 0 Å². The lowest BCUT2D eigenvalue weighted by Gasteiger charge is -2.13. The molecule has 0 N–H and O–H groups in total. The summed E-state index contributed by atoms with van der Waals surface area (Å²) in [7, 11) is 0. The minimum Gasteiger partial charge on any atom is -0.456 e. The van der Waals surface area contributed by atoms with Gasteiger partial charge in [0.1, 0.15) is 22.3 Å². The van der Waals surface area contributed by atoms with E-state index in [0.29, 0.717) is 17.5 Å². The molecule has 10 aromatic rings. The summed E-state index contributed by atoms with van der Waals surface area (Å²) in [6, 6.07) is 48.4. The Bertz CT molecular complexity index is 3090. The monoisotopic (exact) mass is 667 g/mol. The van der Waals surface area contributed by atoms with Crippen LogP contribution in [0, 0.1) is 0 Å². The summed E-state index contributed by atoms with van der Waals surface area (Å²) in [5.41, 5.74) is 10.9. The summed E-state index contributed by atoms with van der Waals surface area (Å²) in [4.78, 5) is 15.5. The molecule has 5 nitrogen and oxygen atoms in total. The van der Waals surface area contributed by atoms with Crippen molar-refractivity contribution in [1.82, 2.24) is 15.0 Å². The van der Waals surface area contributed by atoms with Crippen LogP contribution in [0.15, 0.2) is 154 Å². The van der Waals surface area contributed by atoms with Crippen LogP contribution in [-0.4, -0.2) is 15.0 Å². The fourth-order valence-corrected chi connectivity index (χ4v) is 7.75. The van der Waals surface area contributed by atoms with Crippen molar-refractivity contribution in [1.29, 1.82) is 0 Å². The molecule has 1 aliphatic rings. The summed E-state index contributed by atoms with van der Waals surface area (Å²) in [5, 5.41) is 6.52. The lowest BCUT2D eigenvalue weighted by Crippen LogP contribution is -2.01. The van der Waals surface area contributed by atoms with Gasteiger partial charge in [0.25, 0.3) is 0 Å². The first-order valence-electron chi connectivity index (χ1n) is 17.6. The molecule has 5 heteroatoms. The third-order valence-corrected chi connectivity index (χ3v) is 10.4. The van der Waals surface area contributed by atoms with E-state index in [1.54, 1.807) is 0 Å². The van der Waals surface area contributed by atoms with E-state index in [9.17, 15) is 0 Å². The zero-order valence-corrected chi connectivity index (χ0v) is 28.0. The largest absolute Gasteiger partial charge is 0.456 e. The third kappa shape index (κ3) is 4.67. The van der Waals surface area contributed by atoms with Crippen LogP contribution in [-0.2, 0) is 6.42 Å². The van der Waals surface area contributed by atoms with Crippen molar-refractivity contribution in [2.24, 2.45) is 0 Å². The second-order valence-corrected chi connectivity index (χ2v) is 13.5. The number of aromatic nitrogens is 3. The number of furan rings is 2. The van der Waals surface area contributed by atoms with E-state index in [4.69, 9.17) is 23.8 Å². The molecule has 11 rings (SSSR count). The zero-order chi connectivity index (χ0) is 34.2. The fraction of sp³-hybridized carbons (Fsp3) is 0.0426. The second-order valence-electron chi connectivity index (χ2n) is 13.5. The number of benzene rings is 7. The molecule has 0 fully saturated rings. The molecule has 0 amide bonds. The standard InChI is InChI=1S/C47H29N3O2/c1-3-10-30-24-34(18-16-28(30)8-1)45-48-46(35-19-17-29-9-2-4-11-31(29)25-35)50-47(49-45)38-13-7-15-42-44(38)39-26-32(21-23-41(39)51-42)33-20-22-37-36-12-5-6-14-40(36)52-43(37)27-33/h1,3-8,10-27H,2,9H2. The van der Waals surface area contributed by atoms with Crippen LogP contribution >= 0.6 is 0 Å². The molecular formula is C47H29N3O2. The van der Waals surface area contributed by atoms with E-state index in [0.717, 1.165) is 89.9 Å². The predicted molar refractivity (Wildman–Crippen MR) is 211 cm³/mol. The van der Waals surface area contributed by atoms with Crippen LogP contribution in [0.4, 0.5) is 0 Å². The Hall–Kier alpha value is -6.85. The Kier molecular flexibility index (Phi) is 6.31. The molecule has 52 heavy (non-hydrogen) atoms. The summed E-state index contributed by atoms with van der Waals surface area (Å²) >= 11 is 0. The van der Waals surface area contributed by atoms with Crippen LogP contribution in [0.2, 0.25) is 0 Å². The molecule has 244 valence electrons. The van der Waals surface area contributed by atoms with Gasteiger partial charge in [0, 0.05) is 38.2 Å². The zero-order valence-electron chi connectivity index (χ0n) is 28.0. The van der Waals surface area contributed by atoms with Crippen LogP contribution in [0.1, 0.15) is 17.5 Å². The smallest absolute Gasteiger partial charge is 0.164 e. The Morgan fingerprint density at radius 3 is 2.08 bits per heavy atom. The van der Waals surface area contributed by atoms with Gasteiger partial charge in [0.2, 0.25) is 0 Å². The van der Waals surface area contributed by atoms with E-state index >= 15 is 0 Å². The molecule has 0 saturated carbocycles. The average Bonchev–Trinajstić information content (AvgIpc) is 3.78. The molecule has 1 aliphatic carbocycles. The first kappa shape index (κ1) is 28.9. The topological polar surface area (TPSA) is 65.0 Å². The summed E-state index contributed by atoms with van der Waals surface area (Å²) in [6.45, 7) is 0. The van der Waals surface area contributed by atoms with Crippen molar-refractivity contribution >= 4 is 60.7 Å². The van der Waals surface area contributed by atoms with Gasteiger partial charge < -0.3 is 8.83 Å². The molecular weight excluding hydrogens is 639 g/mol. The number of para-hydroxylation sites is 1. The second kappa shape index (κ2) is 11.3. The Morgan fingerprint density at radius 1 is 0.442 bits per heavy atom. The number of allylic oxidation sites excluding steroid dienone is 1. The normalized spacial score (nSPS) is 12.8. The SMILES string of the molecule is C1=Cc2cc(-c3nc(-c4ccc5ccccc5c4)nc(-c4cccc5oc6ccc(-c7ccc8c(c7)oc7ccccc78)cc6c45)n3)ccc2CC1. The van der Waals surface area contributed by atoms with Crippen molar-refractivity contribution < 1.29 is 8.83 Å². The van der Waals surface area contributed by atoms with Gasteiger partial charge in [-0.05, 0) is 94.4 Å². The Balaban J connectivity index is 1.11. The molecule has 0 radical (unpaired) electrons. The Morgan fingerprint density at radius 2 is 1.13 bits per heavy atom. The minimum absolute atomic E-state index is 0.601. The van der Waals surface area contributed by atoms with Crippen molar-refractivity contribution in [2.45, 2.75) is 12.8 Å². The molecule has 0 aliphatic heterocycles. The molecule has 0 atom stereocenters. The maximum Gasteiger partial charge on any atom is 0.164 e. The minimum atomic E-state index is 0.601. The number of hydrogen-bond acceptors (Lipinski definition) is 5. The maximum absolute atomic E-state index is 6.46. The van der Waals surface area contributed by atoms with Crippen molar-refractivity contribution in [3.05, 3.63) is 157 Å². The molecule has 7 aromatic carbocycles. The van der Waals surface area contributed by atoms with Gasteiger partial charge in [-0.2, -0.15) is 0 Å². The molecule has 3 heterocycles. The number of rotatable bonds is 4. The number of aryl methyl sites for hydroxylation is 1. The van der Waals surface area contributed by atoms with Gasteiger partial charge in [-0.3, -0.25) is 0 Å². The summed E-state index contributed by atoms with van der Waals surface area (Å²) in [6.07, 6.45) is 6.55. The number of hydrogen-bond donors (Lipinski definition) is 0. The first-order valence-corrected chi connectivity index (χ1v) is 17.6. The van der Waals surface area contributed by atoms with Gasteiger partial charge in [-0.25, -0.2) is 15.0 Å². The van der Waals surface area contributed by atoms with Crippen LogP contribution < -0.4 is 0 Å². The van der Waals surface area contributed by atoms with E-state index in [1.165, 1.54) is 16.5 Å². The predicted octanol–water partition coefficient (Wildman–Crippen LogP) is 12.5. The van der Waals surface area contributed by atoms with Gasteiger partial charge >= 0.3 is 0 Å². The summed E-state index contributed by atoms with van der Waals surface area (Å²) in [5.74, 6) is 1.87. The summed E-state index contributed by atoms with van der Waals surface area (Å²) < 4.78 is 12.7. The highest BCUT2D eigenvalue weighted by Crippen LogP contribution is 2.40. The van der Waals surface area contributed by atoms with Crippen molar-refractivity contribution in [3.8, 4) is 45.3 Å². The van der Waals surface area contributed by atoms with E-state index in [2.05, 4.69) is 121 Å².